The SMILES string of the molecule is CCOC(=O)C(CC)NC1CCC(C(N)=O)CC1. The molecule has 1 atom stereocenters. The van der Waals surface area contributed by atoms with Gasteiger partial charge in [0.2, 0.25) is 5.91 Å². The van der Waals surface area contributed by atoms with Gasteiger partial charge in [0.05, 0.1) is 6.61 Å². The van der Waals surface area contributed by atoms with E-state index in [0.717, 1.165) is 25.7 Å². The molecule has 5 nitrogen and oxygen atoms in total. The van der Waals surface area contributed by atoms with Gasteiger partial charge in [-0.25, -0.2) is 0 Å². The molecule has 1 unspecified atom stereocenters. The van der Waals surface area contributed by atoms with E-state index in [1.165, 1.54) is 0 Å². The van der Waals surface area contributed by atoms with E-state index in [4.69, 9.17) is 10.5 Å². The number of nitrogens with two attached hydrogens (primary N) is 1. The molecule has 1 saturated carbocycles. The van der Waals surface area contributed by atoms with Crippen LogP contribution in [0.1, 0.15) is 46.0 Å². The molecule has 1 aliphatic carbocycles. The predicted molar refractivity (Wildman–Crippen MR) is 68.8 cm³/mol. The van der Waals surface area contributed by atoms with Crippen LogP contribution in [0.4, 0.5) is 0 Å². The highest BCUT2D eigenvalue weighted by Gasteiger charge is 2.27. The van der Waals surface area contributed by atoms with E-state index in [-0.39, 0.29) is 29.9 Å². The second-order valence-corrected chi connectivity index (χ2v) is 4.83. The van der Waals surface area contributed by atoms with Crippen LogP contribution in [0.15, 0.2) is 0 Å². The molecule has 0 spiro atoms. The molecule has 0 aliphatic heterocycles. The Morgan fingerprint density at radius 1 is 1.28 bits per heavy atom. The summed E-state index contributed by atoms with van der Waals surface area (Å²) in [7, 11) is 0. The highest BCUT2D eigenvalue weighted by molar-refractivity contribution is 5.77. The van der Waals surface area contributed by atoms with Gasteiger partial charge in [0.25, 0.3) is 0 Å². The lowest BCUT2D eigenvalue weighted by Crippen LogP contribution is -2.46. The molecule has 0 heterocycles. The highest BCUT2D eigenvalue weighted by atomic mass is 16.5. The zero-order chi connectivity index (χ0) is 13.5. The molecule has 0 bridgehead atoms. The number of carbonyl (C=O) groups excluding carboxylic acids is 2. The Kier molecular flexibility index (Phi) is 6.12. The predicted octanol–water partition coefficient (Wildman–Crippen LogP) is 0.962. The zero-order valence-corrected chi connectivity index (χ0v) is 11.3. The third kappa shape index (κ3) is 4.29. The molecule has 1 amide bonds. The van der Waals surface area contributed by atoms with E-state index in [0.29, 0.717) is 13.0 Å². The summed E-state index contributed by atoms with van der Waals surface area (Å²) >= 11 is 0. The van der Waals surface area contributed by atoms with Crippen molar-refractivity contribution in [2.24, 2.45) is 11.7 Å². The molecule has 5 heteroatoms. The van der Waals surface area contributed by atoms with Crippen molar-refractivity contribution in [2.75, 3.05) is 6.61 Å². The molecule has 0 saturated heterocycles. The van der Waals surface area contributed by atoms with E-state index >= 15 is 0 Å². The quantitative estimate of drug-likeness (QED) is 0.694. The van der Waals surface area contributed by atoms with E-state index in [1.54, 1.807) is 0 Å². The maximum Gasteiger partial charge on any atom is 0.323 e. The van der Waals surface area contributed by atoms with Gasteiger partial charge in [0.1, 0.15) is 6.04 Å². The van der Waals surface area contributed by atoms with Crippen molar-refractivity contribution in [1.29, 1.82) is 0 Å². The average Bonchev–Trinajstić information content (AvgIpc) is 2.36. The van der Waals surface area contributed by atoms with Crippen molar-refractivity contribution in [1.82, 2.24) is 5.32 Å². The van der Waals surface area contributed by atoms with E-state index in [9.17, 15) is 9.59 Å². The Morgan fingerprint density at radius 3 is 2.33 bits per heavy atom. The number of carbonyl (C=O) groups is 2. The Balaban J connectivity index is 2.38. The maximum absolute atomic E-state index is 11.7. The van der Waals surface area contributed by atoms with Crippen LogP contribution in [0.5, 0.6) is 0 Å². The van der Waals surface area contributed by atoms with E-state index < -0.39 is 0 Å². The number of nitrogens with one attached hydrogen (secondary N) is 1. The normalized spacial score (nSPS) is 25.4. The van der Waals surface area contributed by atoms with Crippen LogP contribution in [0.2, 0.25) is 0 Å². The van der Waals surface area contributed by atoms with Crippen molar-refractivity contribution >= 4 is 11.9 Å². The number of ether oxygens (including phenoxy) is 1. The van der Waals surface area contributed by atoms with Crippen molar-refractivity contribution < 1.29 is 14.3 Å². The number of esters is 1. The second-order valence-electron chi connectivity index (χ2n) is 4.83. The van der Waals surface area contributed by atoms with Crippen LogP contribution in [0, 0.1) is 5.92 Å². The second kappa shape index (κ2) is 7.36. The lowest BCUT2D eigenvalue weighted by molar-refractivity contribution is -0.146. The fourth-order valence-corrected chi connectivity index (χ4v) is 2.42. The summed E-state index contributed by atoms with van der Waals surface area (Å²) in [4.78, 5) is 22.7. The number of amides is 1. The summed E-state index contributed by atoms with van der Waals surface area (Å²) in [6, 6.07) is 0.0510. The number of hydrogen-bond donors (Lipinski definition) is 2. The molecule has 104 valence electrons. The minimum atomic E-state index is -0.236. The van der Waals surface area contributed by atoms with Gasteiger partial charge in [-0.3, -0.25) is 9.59 Å². The number of primary amides is 1. The molecule has 1 fully saturated rings. The van der Waals surface area contributed by atoms with Crippen LogP contribution in [0.25, 0.3) is 0 Å². The van der Waals surface area contributed by atoms with Gasteiger partial charge >= 0.3 is 5.97 Å². The molecule has 0 aromatic rings. The Labute approximate surface area is 108 Å². The topological polar surface area (TPSA) is 81.4 Å². The first-order valence-electron chi connectivity index (χ1n) is 6.80. The summed E-state index contributed by atoms with van der Waals surface area (Å²) in [5.41, 5.74) is 5.29. The van der Waals surface area contributed by atoms with Crippen LogP contribution in [-0.2, 0) is 14.3 Å². The van der Waals surface area contributed by atoms with Gasteiger partial charge in [0, 0.05) is 12.0 Å². The summed E-state index contributed by atoms with van der Waals surface area (Å²) < 4.78 is 5.02. The van der Waals surface area contributed by atoms with Gasteiger partial charge in [-0.15, -0.1) is 0 Å². The summed E-state index contributed by atoms with van der Waals surface area (Å²) in [5, 5.41) is 3.32. The van der Waals surface area contributed by atoms with E-state index in [1.807, 2.05) is 13.8 Å². The third-order valence-electron chi connectivity index (χ3n) is 3.55. The first kappa shape index (κ1) is 15.0. The smallest absolute Gasteiger partial charge is 0.323 e. The molecule has 1 aliphatic rings. The number of hydrogen-bond acceptors (Lipinski definition) is 4. The van der Waals surface area contributed by atoms with E-state index in [2.05, 4.69) is 5.32 Å². The van der Waals surface area contributed by atoms with Gasteiger partial charge in [0.15, 0.2) is 0 Å². The van der Waals surface area contributed by atoms with Crippen LogP contribution in [-0.4, -0.2) is 30.6 Å². The lowest BCUT2D eigenvalue weighted by atomic mass is 9.85. The summed E-state index contributed by atoms with van der Waals surface area (Å²) in [5.74, 6) is -0.381. The van der Waals surface area contributed by atoms with Gasteiger partial charge in [-0.05, 0) is 39.0 Å². The third-order valence-corrected chi connectivity index (χ3v) is 3.55. The minimum Gasteiger partial charge on any atom is -0.465 e. The molecular weight excluding hydrogens is 232 g/mol. The Morgan fingerprint density at radius 2 is 1.89 bits per heavy atom. The zero-order valence-electron chi connectivity index (χ0n) is 11.3. The number of rotatable bonds is 6. The van der Waals surface area contributed by atoms with Gasteiger partial charge < -0.3 is 15.8 Å². The molecule has 0 aromatic carbocycles. The van der Waals surface area contributed by atoms with Crippen LogP contribution in [0.3, 0.4) is 0 Å². The molecule has 0 radical (unpaired) electrons. The lowest BCUT2D eigenvalue weighted by Gasteiger charge is -2.30. The summed E-state index contributed by atoms with van der Waals surface area (Å²) in [6.45, 7) is 4.18. The Hall–Kier alpha value is -1.10. The average molecular weight is 256 g/mol. The van der Waals surface area contributed by atoms with Crippen molar-refractivity contribution in [2.45, 2.75) is 58.0 Å². The van der Waals surface area contributed by atoms with Gasteiger partial charge in [-0.2, -0.15) is 0 Å². The van der Waals surface area contributed by atoms with Crippen molar-refractivity contribution in [3.8, 4) is 0 Å². The first-order chi connectivity index (χ1) is 8.58. The molecule has 0 aromatic heterocycles. The minimum absolute atomic E-state index is 0.00530. The first-order valence-corrected chi connectivity index (χ1v) is 6.80. The van der Waals surface area contributed by atoms with Crippen molar-refractivity contribution in [3.05, 3.63) is 0 Å². The fourth-order valence-electron chi connectivity index (χ4n) is 2.42. The molecule has 3 N–H and O–H groups in total. The Bertz CT molecular complexity index is 286. The van der Waals surface area contributed by atoms with Crippen LogP contribution >= 0.6 is 0 Å². The highest BCUT2D eigenvalue weighted by Crippen LogP contribution is 2.24. The molecule has 18 heavy (non-hydrogen) atoms. The molecular formula is C13H24N2O3. The fraction of sp³-hybridized carbons (Fsp3) is 0.846. The standard InChI is InChI=1S/C13H24N2O3/c1-3-11(13(17)18-4-2)15-10-7-5-9(6-8-10)12(14)16/h9-11,15H,3-8H2,1-2H3,(H2,14,16). The molecule has 1 rings (SSSR count). The van der Waals surface area contributed by atoms with Crippen molar-refractivity contribution in [3.63, 3.8) is 0 Å². The monoisotopic (exact) mass is 256 g/mol. The van der Waals surface area contributed by atoms with Crippen LogP contribution < -0.4 is 11.1 Å². The largest absolute Gasteiger partial charge is 0.465 e. The van der Waals surface area contributed by atoms with Gasteiger partial charge in [-0.1, -0.05) is 6.92 Å². The summed E-state index contributed by atoms with van der Waals surface area (Å²) in [6.07, 6.45) is 4.13. The maximum atomic E-state index is 11.7.